The van der Waals surface area contributed by atoms with Crippen LogP contribution >= 0.6 is 0 Å². The fraction of sp³-hybridized carbons (Fsp3) is 0.0769. The van der Waals surface area contributed by atoms with Gasteiger partial charge < -0.3 is 0 Å². The maximum absolute atomic E-state index is 5.93. The van der Waals surface area contributed by atoms with E-state index in [0.29, 0.717) is 15.0 Å². The van der Waals surface area contributed by atoms with E-state index in [1.165, 1.54) is 14.5 Å². The van der Waals surface area contributed by atoms with Crippen molar-refractivity contribution < 1.29 is 0 Å². The number of nitrogen functional groups attached to an aromatic ring is 1. The number of rotatable bonds is 2. The number of hydrogen-bond acceptors (Lipinski definition) is 1. The van der Waals surface area contributed by atoms with Crippen LogP contribution in [0.4, 0.5) is 5.69 Å². The molecule has 2 rings (SSSR count). The summed E-state index contributed by atoms with van der Waals surface area (Å²) in [5, 5.41) is 0. The van der Waals surface area contributed by atoms with Gasteiger partial charge in [0.25, 0.3) is 0 Å². The van der Waals surface area contributed by atoms with Gasteiger partial charge in [0.15, 0.2) is 0 Å². The molecule has 1 nitrogen and oxygen atoms in total. The average Bonchev–Trinajstić information content (AvgIpc) is 2.24. The summed E-state index contributed by atoms with van der Waals surface area (Å²) >= 11 is 0.316. The predicted octanol–water partition coefficient (Wildman–Crippen LogP) is 1.23. The summed E-state index contributed by atoms with van der Waals surface area (Å²) in [6.07, 6.45) is 0. The molecule has 0 bridgehead atoms. The van der Waals surface area contributed by atoms with Gasteiger partial charge in [-0.1, -0.05) is 0 Å². The van der Waals surface area contributed by atoms with E-state index < -0.39 is 0 Å². The number of anilines is 1. The number of nitrogens with two attached hydrogens (primary N) is 1. The molecule has 2 aromatic rings. The first-order valence-electron chi connectivity index (χ1n) is 4.85. The van der Waals surface area contributed by atoms with Gasteiger partial charge in [0, 0.05) is 0 Å². The van der Waals surface area contributed by atoms with E-state index in [9.17, 15) is 0 Å². The van der Waals surface area contributed by atoms with Crippen molar-refractivity contribution in [2.24, 2.45) is 0 Å². The maximum atomic E-state index is 5.93. The van der Waals surface area contributed by atoms with Crippen LogP contribution in [0, 0.1) is 6.92 Å². The van der Waals surface area contributed by atoms with E-state index in [2.05, 4.69) is 37.3 Å². The molecule has 2 N–H and O–H groups in total. The van der Waals surface area contributed by atoms with Gasteiger partial charge in [0.2, 0.25) is 0 Å². The topological polar surface area (TPSA) is 26.0 Å². The Morgan fingerprint density at radius 2 is 1.47 bits per heavy atom. The third-order valence-electron chi connectivity index (χ3n) is 2.23. The fourth-order valence-electron chi connectivity index (χ4n) is 1.36. The second kappa shape index (κ2) is 4.52. The molecule has 0 aliphatic rings. The molecule has 0 radical (unpaired) electrons. The van der Waals surface area contributed by atoms with E-state index in [1.807, 2.05) is 18.2 Å². The van der Waals surface area contributed by atoms with E-state index in [-0.39, 0.29) is 0 Å². The molecule has 2 aromatic carbocycles. The van der Waals surface area contributed by atoms with Gasteiger partial charge in [-0.3, -0.25) is 0 Å². The first-order chi connectivity index (χ1) is 7.27. The molecule has 0 aromatic heterocycles. The van der Waals surface area contributed by atoms with Crippen LogP contribution in [0.5, 0.6) is 0 Å². The van der Waals surface area contributed by atoms with Crippen molar-refractivity contribution in [2.75, 3.05) is 5.73 Å². The van der Waals surface area contributed by atoms with Crippen LogP contribution in [0.3, 0.4) is 0 Å². The first kappa shape index (κ1) is 10.3. The molecule has 0 aliphatic heterocycles. The van der Waals surface area contributed by atoms with E-state index >= 15 is 0 Å². The van der Waals surface area contributed by atoms with Crippen LogP contribution < -0.4 is 14.7 Å². The van der Waals surface area contributed by atoms with Gasteiger partial charge in [-0.2, -0.15) is 0 Å². The van der Waals surface area contributed by atoms with Gasteiger partial charge in [0.05, 0.1) is 0 Å². The first-order valence-corrected chi connectivity index (χ1v) is 6.56. The molecular weight excluding hydrogens is 249 g/mol. The van der Waals surface area contributed by atoms with Crippen molar-refractivity contribution in [3.8, 4) is 0 Å². The molecule has 0 amide bonds. The normalized spacial score (nSPS) is 10.2. The Labute approximate surface area is 96.5 Å². The second-order valence-electron chi connectivity index (χ2n) is 3.41. The van der Waals surface area contributed by atoms with Crippen molar-refractivity contribution in [2.45, 2.75) is 6.92 Å². The molecule has 0 saturated carbocycles. The third kappa shape index (κ3) is 2.41. The van der Waals surface area contributed by atoms with Crippen molar-refractivity contribution in [3.63, 3.8) is 0 Å². The van der Waals surface area contributed by atoms with Crippen LogP contribution in [0.1, 0.15) is 5.56 Å². The van der Waals surface area contributed by atoms with Crippen LogP contribution in [0.2, 0.25) is 0 Å². The van der Waals surface area contributed by atoms with Crippen molar-refractivity contribution in [1.82, 2.24) is 0 Å². The Morgan fingerprint density at radius 1 is 0.867 bits per heavy atom. The zero-order chi connectivity index (χ0) is 10.7. The summed E-state index contributed by atoms with van der Waals surface area (Å²) in [5.41, 5.74) is 8.19. The standard InChI is InChI=1S/C13H13NSe/c1-10-6-2-4-8-12(10)15-13-9-5-3-7-11(13)14/h2-9H,14H2,1H3. The quantitative estimate of drug-likeness (QED) is 0.639. The Morgan fingerprint density at radius 3 is 2.13 bits per heavy atom. The summed E-state index contributed by atoms with van der Waals surface area (Å²) in [6.45, 7) is 2.15. The Hall–Kier alpha value is -1.24. The average molecular weight is 262 g/mol. The molecule has 15 heavy (non-hydrogen) atoms. The fourth-order valence-corrected chi connectivity index (χ4v) is 3.35. The van der Waals surface area contributed by atoms with E-state index in [1.54, 1.807) is 0 Å². The molecule has 76 valence electrons. The number of para-hydroxylation sites is 1. The third-order valence-corrected chi connectivity index (χ3v) is 4.90. The Kier molecular flexibility index (Phi) is 3.10. The molecule has 0 unspecified atom stereocenters. The predicted molar refractivity (Wildman–Crippen MR) is 67.1 cm³/mol. The molecule has 0 aliphatic carbocycles. The molecule has 2 heteroatoms. The zero-order valence-electron chi connectivity index (χ0n) is 8.60. The molecule has 0 heterocycles. The number of aryl methyl sites for hydroxylation is 1. The summed E-state index contributed by atoms with van der Waals surface area (Å²) in [5.74, 6) is 0. The molecular formula is C13H13NSe. The molecule has 0 atom stereocenters. The van der Waals surface area contributed by atoms with Gasteiger partial charge in [-0.15, -0.1) is 0 Å². The zero-order valence-corrected chi connectivity index (χ0v) is 10.3. The summed E-state index contributed by atoms with van der Waals surface area (Å²) < 4.78 is 2.67. The SMILES string of the molecule is Cc1ccccc1[Se]c1ccccc1N. The van der Waals surface area contributed by atoms with Crippen molar-refractivity contribution in [3.05, 3.63) is 54.1 Å². The number of benzene rings is 2. The Bertz CT molecular complexity index is 422. The van der Waals surface area contributed by atoms with Crippen LogP contribution in [0.15, 0.2) is 48.5 Å². The second-order valence-corrected chi connectivity index (χ2v) is 5.68. The van der Waals surface area contributed by atoms with Crippen LogP contribution in [-0.4, -0.2) is 15.0 Å². The monoisotopic (exact) mass is 263 g/mol. The minimum atomic E-state index is 0.316. The summed E-state index contributed by atoms with van der Waals surface area (Å²) in [4.78, 5) is 0. The Balaban J connectivity index is 2.30. The van der Waals surface area contributed by atoms with Gasteiger partial charge in [-0.25, -0.2) is 0 Å². The molecule has 0 fully saturated rings. The van der Waals surface area contributed by atoms with Gasteiger partial charge in [-0.05, 0) is 0 Å². The van der Waals surface area contributed by atoms with Gasteiger partial charge >= 0.3 is 96.3 Å². The van der Waals surface area contributed by atoms with Crippen LogP contribution in [0.25, 0.3) is 0 Å². The molecule has 0 saturated heterocycles. The number of hydrogen-bond donors (Lipinski definition) is 1. The summed E-state index contributed by atoms with van der Waals surface area (Å²) in [7, 11) is 0. The van der Waals surface area contributed by atoms with Crippen LogP contribution in [-0.2, 0) is 0 Å². The minimum absolute atomic E-state index is 0.316. The van der Waals surface area contributed by atoms with E-state index in [0.717, 1.165) is 5.69 Å². The van der Waals surface area contributed by atoms with Crippen molar-refractivity contribution >= 4 is 29.6 Å². The van der Waals surface area contributed by atoms with Gasteiger partial charge in [0.1, 0.15) is 0 Å². The van der Waals surface area contributed by atoms with E-state index in [4.69, 9.17) is 5.73 Å². The summed E-state index contributed by atoms with van der Waals surface area (Å²) in [6, 6.07) is 16.6. The van der Waals surface area contributed by atoms with Crippen molar-refractivity contribution in [1.29, 1.82) is 0 Å². The molecule has 0 spiro atoms.